The molecule has 1 N–H and O–H groups in total. The Morgan fingerprint density at radius 2 is 2.24 bits per heavy atom. The fourth-order valence-electron chi connectivity index (χ4n) is 1.86. The van der Waals surface area contributed by atoms with E-state index in [9.17, 15) is 9.59 Å². The highest BCUT2D eigenvalue weighted by molar-refractivity contribution is 7.80. The summed E-state index contributed by atoms with van der Waals surface area (Å²) >= 11 is 5.04. The zero-order valence-electron chi connectivity index (χ0n) is 11.7. The van der Waals surface area contributed by atoms with Crippen LogP contribution < -0.4 is 5.32 Å². The van der Waals surface area contributed by atoms with Crippen LogP contribution in [0, 0.1) is 0 Å². The van der Waals surface area contributed by atoms with Crippen molar-refractivity contribution in [2.45, 2.75) is 19.8 Å². The first-order valence-corrected chi connectivity index (χ1v) is 7.13. The number of hydrogen-bond donors (Lipinski definition) is 1. The third-order valence-electron chi connectivity index (χ3n) is 2.99. The van der Waals surface area contributed by atoms with E-state index in [1.54, 1.807) is 30.5 Å². The van der Waals surface area contributed by atoms with E-state index in [1.165, 1.54) is 11.0 Å². The molecule has 0 saturated carbocycles. The van der Waals surface area contributed by atoms with Gasteiger partial charge in [0.25, 0.3) is 11.8 Å². The Bertz CT molecular complexity index is 602. The molecule has 21 heavy (non-hydrogen) atoms. The van der Waals surface area contributed by atoms with Gasteiger partial charge in [0.05, 0.1) is 6.26 Å². The molecule has 0 unspecified atom stereocenters. The van der Waals surface area contributed by atoms with Crippen LogP contribution in [0.2, 0.25) is 0 Å². The molecule has 2 amide bonds. The smallest absolute Gasteiger partial charge is 0.265 e. The third-order valence-corrected chi connectivity index (χ3v) is 3.31. The fraction of sp³-hybridized carbons (Fsp3) is 0.267. The third kappa shape index (κ3) is 3.66. The van der Waals surface area contributed by atoms with Crippen molar-refractivity contribution in [2.24, 2.45) is 0 Å². The summed E-state index contributed by atoms with van der Waals surface area (Å²) in [7, 11) is 0. The van der Waals surface area contributed by atoms with Crippen molar-refractivity contribution in [3.63, 3.8) is 0 Å². The van der Waals surface area contributed by atoms with Gasteiger partial charge >= 0.3 is 0 Å². The Labute approximate surface area is 128 Å². The first-order chi connectivity index (χ1) is 10.1. The average Bonchev–Trinajstić information content (AvgIpc) is 2.95. The lowest BCUT2D eigenvalue weighted by molar-refractivity contribution is -0.129. The number of furan rings is 1. The number of thiocarbonyl (C=S) groups is 1. The highest BCUT2D eigenvalue weighted by atomic mass is 32.1. The van der Waals surface area contributed by atoms with E-state index in [1.807, 2.05) is 6.92 Å². The number of nitrogens with one attached hydrogen (secondary N) is 1. The van der Waals surface area contributed by atoms with Crippen LogP contribution in [0.25, 0.3) is 6.08 Å². The van der Waals surface area contributed by atoms with Crippen molar-refractivity contribution >= 4 is 35.2 Å². The molecule has 6 heteroatoms. The van der Waals surface area contributed by atoms with Gasteiger partial charge in [-0.1, -0.05) is 19.4 Å². The Morgan fingerprint density at radius 3 is 2.90 bits per heavy atom. The summed E-state index contributed by atoms with van der Waals surface area (Å²) in [6, 6.07) is 3.54. The summed E-state index contributed by atoms with van der Waals surface area (Å²) < 4.78 is 5.14. The predicted octanol–water partition coefficient (Wildman–Crippen LogP) is 2.26. The molecule has 1 aliphatic rings. The van der Waals surface area contributed by atoms with Crippen LogP contribution in [0.3, 0.4) is 0 Å². The zero-order valence-corrected chi connectivity index (χ0v) is 12.5. The summed E-state index contributed by atoms with van der Waals surface area (Å²) in [6.45, 7) is 2.53. The van der Waals surface area contributed by atoms with Crippen LogP contribution in [-0.4, -0.2) is 28.4 Å². The lowest BCUT2D eigenvalue weighted by Crippen LogP contribution is -2.54. The van der Waals surface area contributed by atoms with Gasteiger partial charge in [-0.2, -0.15) is 0 Å². The molecule has 1 aromatic rings. The number of carbonyl (C=O) groups is 2. The molecule has 0 radical (unpaired) electrons. The van der Waals surface area contributed by atoms with Gasteiger partial charge in [-0.25, -0.2) is 0 Å². The highest BCUT2D eigenvalue weighted by Crippen LogP contribution is 2.12. The highest BCUT2D eigenvalue weighted by Gasteiger charge is 2.32. The molecule has 0 aliphatic carbocycles. The summed E-state index contributed by atoms with van der Waals surface area (Å²) in [5, 5.41) is 2.71. The quantitative estimate of drug-likeness (QED) is 0.515. The first-order valence-electron chi connectivity index (χ1n) is 6.72. The van der Waals surface area contributed by atoms with Crippen LogP contribution in [0.15, 0.2) is 40.5 Å². The standard InChI is InChI=1S/C15H16N2O3S/c1-2-3-9-17-14(19)12(13(18)16-15(17)21)8-4-6-11-7-5-10-20-11/h4-8,10H,2-3,9H2,1H3,(H,16,18,21). The number of allylic oxidation sites excluding steroid dienone is 2. The summed E-state index contributed by atoms with van der Waals surface area (Å²) in [5.74, 6) is -0.183. The topological polar surface area (TPSA) is 62.6 Å². The van der Waals surface area contributed by atoms with Crippen molar-refractivity contribution in [2.75, 3.05) is 6.54 Å². The molecular formula is C15H16N2O3S. The minimum absolute atomic E-state index is 0.0718. The average molecular weight is 304 g/mol. The molecule has 2 rings (SSSR count). The number of hydrogen-bond acceptors (Lipinski definition) is 4. The van der Waals surface area contributed by atoms with Crippen LogP contribution >= 0.6 is 12.2 Å². The number of unbranched alkanes of at least 4 members (excludes halogenated alkanes) is 1. The lowest BCUT2D eigenvalue weighted by atomic mass is 10.1. The Balaban J connectivity index is 2.15. The normalized spacial score (nSPS) is 17.9. The van der Waals surface area contributed by atoms with E-state index in [-0.39, 0.29) is 16.6 Å². The van der Waals surface area contributed by atoms with E-state index < -0.39 is 5.91 Å². The SMILES string of the molecule is CCCCN1C(=O)C(=CC=Cc2ccco2)C(=O)NC1=S. The second-order valence-corrected chi connectivity index (χ2v) is 4.91. The van der Waals surface area contributed by atoms with Gasteiger partial charge < -0.3 is 4.42 Å². The zero-order chi connectivity index (χ0) is 15.2. The molecule has 0 aromatic carbocycles. The Morgan fingerprint density at radius 1 is 1.43 bits per heavy atom. The molecule has 0 atom stereocenters. The number of rotatable bonds is 5. The van der Waals surface area contributed by atoms with Crippen molar-refractivity contribution in [3.8, 4) is 0 Å². The van der Waals surface area contributed by atoms with E-state index in [2.05, 4.69) is 5.32 Å². The number of nitrogens with zero attached hydrogens (tertiary/aromatic N) is 1. The molecule has 1 aromatic heterocycles. The van der Waals surface area contributed by atoms with E-state index in [0.29, 0.717) is 12.3 Å². The summed E-state index contributed by atoms with van der Waals surface area (Å²) in [4.78, 5) is 25.6. The second kappa shape index (κ2) is 6.99. The molecule has 1 fully saturated rings. The van der Waals surface area contributed by atoms with Gasteiger partial charge in [0.1, 0.15) is 11.3 Å². The summed E-state index contributed by atoms with van der Waals surface area (Å²) in [5.41, 5.74) is 0.0718. The van der Waals surface area contributed by atoms with Crippen molar-refractivity contribution < 1.29 is 14.0 Å². The van der Waals surface area contributed by atoms with Crippen LogP contribution in [-0.2, 0) is 9.59 Å². The number of amides is 2. The van der Waals surface area contributed by atoms with E-state index >= 15 is 0 Å². The Hall–Kier alpha value is -2.21. The van der Waals surface area contributed by atoms with Gasteiger partial charge in [0, 0.05) is 6.54 Å². The maximum atomic E-state index is 12.3. The van der Waals surface area contributed by atoms with Crippen molar-refractivity contribution in [3.05, 3.63) is 41.9 Å². The fourth-order valence-corrected chi connectivity index (χ4v) is 2.13. The number of carbonyl (C=O) groups excluding carboxylic acids is 2. The molecule has 110 valence electrons. The molecule has 0 spiro atoms. The van der Waals surface area contributed by atoms with Gasteiger partial charge in [-0.3, -0.25) is 19.8 Å². The van der Waals surface area contributed by atoms with Gasteiger partial charge in [-0.15, -0.1) is 0 Å². The maximum Gasteiger partial charge on any atom is 0.265 e. The lowest BCUT2D eigenvalue weighted by Gasteiger charge is -2.28. The van der Waals surface area contributed by atoms with Crippen LogP contribution in [0.1, 0.15) is 25.5 Å². The first kappa shape index (κ1) is 15.2. The molecule has 1 aliphatic heterocycles. The van der Waals surface area contributed by atoms with Crippen molar-refractivity contribution in [1.82, 2.24) is 10.2 Å². The van der Waals surface area contributed by atoms with Crippen LogP contribution in [0.4, 0.5) is 0 Å². The van der Waals surface area contributed by atoms with Crippen LogP contribution in [0.5, 0.6) is 0 Å². The molecular weight excluding hydrogens is 288 g/mol. The minimum atomic E-state index is -0.471. The minimum Gasteiger partial charge on any atom is -0.465 e. The summed E-state index contributed by atoms with van der Waals surface area (Å²) in [6.07, 6.45) is 8.08. The van der Waals surface area contributed by atoms with E-state index in [0.717, 1.165) is 12.8 Å². The molecule has 5 nitrogen and oxygen atoms in total. The van der Waals surface area contributed by atoms with Crippen molar-refractivity contribution in [1.29, 1.82) is 0 Å². The predicted molar refractivity (Wildman–Crippen MR) is 83.2 cm³/mol. The molecule has 1 saturated heterocycles. The van der Waals surface area contributed by atoms with Gasteiger partial charge in [0.15, 0.2) is 5.11 Å². The molecule has 2 heterocycles. The largest absolute Gasteiger partial charge is 0.465 e. The monoisotopic (exact) mass is 304 g/mol. The van der Waals surface area contributed by atoms with E-state index in [4.69, 9.17) is 16.6 Å². The maximum absolute atomic E-state index is 12.3. The Kier molecular flexibility index (Phi) is 5.05. The molecule has 0 bridgehead atoms. The van der Waals surface area contributed by atoms with Gasteiger partial charge in [0.2, 0.25) is 0 Å². The van der Waals surface area contributed by atoms with Gasteiger partial charge in [-0.05, 0) is 42.9 Å². The second-order valence-electron chi connectivity index (χ2n) is 4.52.